The van der Waals surface area contributed by atoms with Crippen LogP contribution in [0.1, 0.15) is 64.7 Å². The van der Waals surface area contributed by atoms with Crippen LogP contribution in [0.25, 0.3) is 0 Å². The van der Waals surface area contributed by atoms with Crippen LogP contribution in [-0.4, -0.2) is 49.0 Å². The lowest BCUT2D eigenvalue weighted by Gasteiger charge is -2.28. The number of aliphatic hydroxyl groups is 1. The molecule has 0 saturated carbocycles. The molecule has 0 radical (unpaired) electrons. The molecule has 0 spiro atoms. The summed E-state index contributed by atoms with van der Waals surface area (Å²) in [5, 5.41) is 9.99. The van der Waals surface area contributed by atoms with Crippen molar-refractivity contribution >= 4 is 0 Å². The zero-order valence-electron chi connectivity index (χ0n) is 12.8. The molecule has 1 heterocycles. The summed E-state index contributed by atoms with van der Waals surface area (Å²) in [5.74, 6) is 0. The van der Waals surface area contributed by atoms with E-state index in [0.29, 0.717) is 0 Å². The summed E-state index contributed by atoms with van der Waals surface area (Å²) in [6.45, 7) is 6.70. The van der Waals surface area contributed by atoms with Crippen molar-refractivity contribution in [3.05, 3.63) is 0 Å². The van der Waals surface area contributed by atoms with Crippen molar-refractivity contribution in [2.75, 3.05) is 32.8 Å². The second-order valence-electron chi connectivity index (χ2n) is 5.83. The predicted molar refractivity (Wildman–Crippen MR) is 80.5 cm³/mol. The SMILES string of the molecule is CCCCCCCCCCC(O)CN1CCOCC1. The first kappa shape index (κ1) is 16.9. The lowest BCUT2D eigenvalue weighted by molar-refractivity contribution is 0.0127. The number of morpholine rings is 1. The van der Waals surface area contributed by atoms with Gasteiger partial charge < -0.3 is 9.84 Å². The fourth-order valence-electron chi connectivity index (χ4n) is 2.69. The van der Waals surface area contributed by atoms with Crippen LogP contribution in [-0.2, 0) is 4.74 Å². The van der Waals surface area contributed by atoms with E-state index in [1.165, 1.54) is 51.4 Å². The summed E-state index contributed by atoms with van der Waals surface area (Å²) in [4.78, 5) is 2.32. The molecule has 1 atom stereocenters. The fourth-order valence-corrected chi connectivity index (χ4v) is 2.69. The number of aliphatic hydroxyl groups excluding tert-OH is 1. The highest BCUT2D eigenvalue weighted by molar-refractivity contribution is 4.67. The van der Waals surface area contributed by atoms with Crippen molar-refractivity contribution in [2.24, 2.45) is 0 Å². The van der Waals surface area contributed by atoms with Crippen molar-refractivity contribution in [1.29, 1.82) is 0 Å². The second-order valence-corrected chi connectivity index (χ2v) is 5.83. The molecule has 1 rings (SSSR count). The average Bonchev–Trinajstić information content (AvgIpc) is 2.43. The van der Waals surface area contributed by atoms with E-state index in [0.717, 1.165) is 39.3 Å². The molecule has 0 bridgehead atoms. The maximum absolute atomic E-state index is 9.99. The molecule has 0 aromatic carbocycles. The van der Waals surface area contributed by atoms with Crippen molar-refractivity contribution in [1.82, 2.24) is 4.90 Å². The molecule has 1 N–H and O–H groups in total. The third-order valence-electron chi connectivity index (χ3n) is 3.96. The van der Waals surface area contributed by atoms with Crippen LogP contribution < -0.4 is 0 Å². The van der Waals surface area contributed by atoms with Crippen LogP contribution in [0.5, 0.6) is 0 Å². The van der Waals surface area contributed by atoms with Crippen LogP contribution >= 0.6 is 0 Å². The Morgan fingerprint density at radius 3 is 2.16 bits per heavy atom. The molecule has 0 amide bonds. The van der Waals surface area contributed by atoms with Crippen LogP contribution in [0, 0.1) is 0 Å². The summed E-state index contributed by atoms with van der Waals surface area (Å²) in [6.07, 6.45) is 11.5. The number of rotatable bonds is 11. The van der Waals surface area contributed by atoms with Gasteiger partial charge in [0.2, 0.25) is 0 Å². The van der Waals surface area contributed by atoms with Crippen LogP contribution in [0.4, 0.5) is 0 Å². The predicted octanol–water partition coefficient (Wildman–Crippen LogP) is 3.21. The van der Waals surface area contributed by atoms with Crippen molar-refractivity contribution < 1.29 is 9.84 Å². The second kappa shape index (κ2) is 11.7. The number of unbranched alkanes of at least 4 members (excludes halogenated alkanes) is 7. The minimum absolute atomic E-state index is 0.141. The highest BCUT2D eigenvalue weighted by Gasteiger charge is 2.14. The van der Waals surface area contributed by atoms with Gasteiger partial charge in [-0.3, -0.25) is 4.90 Å². The Bertz CT molecular complexity index is 193. The van der Waals surface area contributed by atoms with Gasteiger partial charge in [0.15, 0.2) is 0 Å². The lowest BCUT2D eigenvalue weighted by Crippen LogP contribution is -2.40. The van der Waals surface area contributed by atoms with Gasteiger partial charge in [-0.15, -0.1) is 0 Å². The maximum atomic E-state index is 9.99. The molecular formula is C16H33NO2. The van der Waals surface area contributed by atoms with E-state index in [-0.39, 0.29) is 6.10 Å². The van der Waals surface area contributed by atoms with E-state index in [1.54, 1.807) is 0 Å². The Kier molecular flexibility index (Phi) is 10.4. The Hall–Kier alpha value is -0.120. The molecule has 1 saturated heterocycles. The van der Waals surface area contributed by atoms with Gasteiger partial charge in [-0.2, -0.15) is 0 Å². The van der Waals surface area contributed by atoms with E-state index < -0.39 is 0 Å². The van der Waals surface area contributed by atoms with Gasteiger partial charge >= 0.3 is 0 Å². The fraction of sp³-hybridized carbons (Fsp3) is 1.00. The summed E-state index contributed by atoms with van der Waals surface area (Å²) in [6, 6.07) is 0. The topological polar surface area (TPSA) is 32.7 Å². The average molecular weight is 271 g/mol. The zero-order valence-corrected chi connectivity index (χ0v) is 12.8. The Morgan fingerprint density at radius 1 is 0.947 bits per heavy atom. The minimum Gasteiger partial charge on any atom is -0.392 e. The minimum atomic E-state index is -0.141. The molecule has 0 aromatic heterocycles. The monoisotopic (exact) mass is 271 g/mol. The molecule has 1 unspecified atom stereocenters. The summed E-state index contributed by atoms with van der Waals surface area (Å²) in [5.41, 5.74) is 0. The summed E-state index contributed by atoms with van der Waals surface area (Å²) in [7, 11) is 0. The van der Waals surface area contributed by atoms with E-state index >= 15 is 0 Å². The smallest absolute Gasteiger partial charge is 0.0667 e. The third-order valence-corrected chi connectivity index (χ3v) is 3.96. The number of nitrogens with zero attached hydrogens (tertiary/aromatic N) is 1. The van der Waals surface area contributed by atoms with E-state index in [1.807, 2.05) is 0 Å². The quantitative estimate of drug-likeness (QED) is 0.586. The molecule has 114 valence electrons. The number of hydrogen-bond donors (Lipinski definition) is 1. The van der Waals surface area contributed by atoms with E-state index in [2.05, 4.69) is 11.8 Å². The van der Waals surface area contributed by atoms with Crippen LogP contribution in [0.2, 0.25) is 0 Å². The molecular weight excluding hydrogens is 238 g/mol. The highest BCUT2D eigenvalue weighted by Crippen LogP contribution is 2.11. The van der Waals surface area contributed by atoms with Crippen LogP contribution in [0.15, 0.2) is 0 Å². The van der Waals surface area contributed by atoms with Gasteiger partial charge in [0.1, 0.15) is 0 Å². The summed E-state index contributed by atoms with van der Waals surface area (Å²) >= 11 is 0. The number of hydrogen-bond acceptors (Lipinski definition) is 3. The molecule has 3 heteroatoms. The Balaban J connectivity index is 1.85. The first-order chi connectivity index (χ1) is 9.33. The first-order valence-electron chi connectivity index (χ1n) is 8.31. The van der Waals surface area contributed by atoms with Gasteiger partial charge in [-0.05, 0) is 6.42 Å². The normalized spacial score (nSPS) is 18.6. The van der Waals surface area contributed by atoms with Gasteiger partial charge in [0, 0.05) is 19.6 Å². The molecule has 19 heavy (non-hydrogen) atoms. The number of ether oxygens (including phenoxy) is 1. The lowest BCUT2D eigenvalue weighted by atomic mass is 10.1. The maximum Gasteiger partial charge on any atom is 0.0667 e. The Morgan fingerprint density at radius 2 is 1.53 bits per heavy atom. The van der Waals surface area contributed by atoms with Gasteiger partial charge in [-0.25, -0.2) is 0 Å². The molecule has 0 aromatic rings. The van der Waals surface area contributed by atoms with Crippen molar-refractivity contribution in [2.45, 2.75) is 70.8 Å². The third kappa shape index (κ3) is 9.42. The largest absolute Gasteiger partial charge is 0.392 e. The molecule has 3 nitrogen and oxygen atoms in total. The first-order valence-corrected chi connectivity index (χ1v) is 8.31. The van der Waals surface area contributed by atoms with Crippen molar-refractivity contribution in [3.8, 4) is 0 Å². The van der Waals surface area contributed by atoms with Crippen LogP contribution in [0.3, 0.4) is 0 Å². The van der Waals surface area contributed by atoms with Gasteiger partial charge in [-0.1, -0.05) is 58.3 Å². The van der Waals surface area contributed by atoms with Gasteiger partial charge in [0.05, 0.1) is 19.3 Å². The highest BCUT2D eigenvalue weighted by atomic mass is 16.5. The number of β-amino-alcohol motifs (C(OH)–C–C–N with tert-alkyl or cyclic N) is 1. The molecule has 1 aliphatic rings. The molecule has 0 aliphatic carbocycles. The van der Waals surface area contributed by atoms with E-state index in [9.17, 15) is 5.11 Å². The Labute approximate surface area is 119 Å². The van der Waals surface area contributed by atoms with Gasteiger partial charge in [0.25, 0.3) is 0 Å². The standard InChI is InChI=1S/C16H33NO2/c1-2-3-4-5-6-7-8-9-10-16(18)15-17-11-13-19-14-12-17/h16,18H,2-15H2,1H3. The van der Waals surface area contributed by atoms with E-state index in [4.69, 9.17) is 4.74 Å². The summed E-state index contributed by atoms with van der Waals surface area (Å²) < 4.78 is 5.31. The molecule has 1 aliphatic heterocycles. The van der Waals surface area contributed by atoms with Crippen molar-refractivity contribution in [3.63, 3.8) is 0 Å². The molecule has 1 fully saturated rings. The zero-order chi connectivity index (χ0) is 13.8.